The van der Waals surface area contributed by atoms with Crippen LogP contribution in [0.25, 0.3) is 11.0 Å². The van der Waals surface area contributed by atoms with Crippen molar-refractivity contribution in [3.63, 3.8) is 0 Å². The Morgan fingerprint density at radius 2 is 1.71 bits per heavy atom. The van der Waals surface area contributed by atoms with Gasteiger partial charge in [-0.25, -0.2) is 9.97 Å². The molecule has 3 aromatic rings. The van der Waals surface area contributed by atoms with E-state index in [1.165, 1.54) is 0 Å². The third-order valence-electron chi connectivity index (χ3n) is 5.00. The fourth-order valence-corrected chi connectivity index (χ4v) is 3.50. The molecule has 9 nitrogen and oxygen atoms in total. The number of fused-ring (bicyclic) bond motifs is 2. The van der Waals surface area contributed by atoms with Crippen molar-refractivity contribution in [3.8, 4) is 17.4 Å². The molecule has 3 heterocycles. The molecule has 0 aliphatic carbocycles. The molecule has 2 aliphatic heterocycles. The van der Waals surface area contributed by atoms with Crippen molar-refractivity contribution in [1.82, 2.24) is 9.97 Å². The predicted molar refractivity (Wildman–Crippen MR) is 114 cm³/mol. The normalized spacial score (nSPS) is 15.5. The van der Waals surface area contributed by atoms with Crippen molar-refractivity contribution < 1.29 is 23.7 Å². The second-order valence-electron chi connectivity index (χ2n) is 7.14. The molecule has 2 aliphatic rings. The van der Waals surface area contributed by atoms with E-state index in [0.717, 1.165) is 5.52 Å². The summed E-state index contributed by atoms with van der Waals surface area (Å²) in [6.07, 6.45) is 0. The van der Waals surface area contributed by atoms with Gasteiger partial charge in [-0.2, -0.15) is 0 Å². The molecule has 1 amide bonds. The minimum Gasteiger partial charge on any atom is -0.486 e. The molecule has 0 atom stereocenters. The number of para-hydroxylation sites is 2. The van der Waals surface area contributed by atoms with Crippen LogP contribution in [0, 0.1) is 0 Å². The summed E-state index contributed by atoms with van der Waals surface area (Å²) in [5, 5.41) is 2.82. The number of rotatable bonds is 5. The molecule has 0 unspecified atom stereocenters. The highest BCUT2D eigenvalue weighted by Crippen LogP contribution is 2.32. The molecular formula is C22H22N4O5. The number of aromatic nitrogens is 2. The van der Waals surface area contributed by atoms with E-state index in [-0.39, 0.29) is 12.5 Å². The summed E-state index contributed by atoms with van der Waals surface area (Å²) in [5.41, 5.74) is 2.09. The first-order valence-electron chi connectivity index (χ1n) is 10.2. The van der Waals surface area contributed by atoms with Crippen molar-refractivity contribution in [2.75, 3.05) is 56.3 Å². The third-order valence-corrected chi connectivity index (χ3v) is 5.00. The zero-order valence-corrected chi connectivity index (χ0v) is 16.9. The smallest absolute Gasteiger partial charge is 0.262 e. The fraction of sp³-hybridized carbons (Fsp3) is 0.318. The zero-order valence-electron chi connectivity index (χ0n) is 16.9. The Hall–Kier alpha value is -3.59. The van der Waals surface area contributed by atoms with E-state index in [1.54, 1.807) is 18.2 Å². The monoisotopic (exact) mass is 422 g/mol. The van der Waals surface area contributed by atoms with E-state index in [0.29, 0.717) is 73.9 Å². The Labute approximate surface area is 178 Å². The molecule has 5 rings (SSSR count). The van der Waals surface area contributed by atoms with Gasteiger partial charge in [0.1, 0.15) is 13.2 Å². The second-order valence-corrected chi connectivity index (χ2v) is 7.14. The van der Waals surface area contributed by atoms with E-state index in [4.69, 9.17) is 23.9 Å². The Balaban J connectivity index is 1.32. The number of hydrogen-bond acceptors (Lipinski definition) is 8. The first-order chi connectivity index (χ1) is 15.3. The SMILES string of the molecule is O=C(COc1nc2ccccc2nc1N1CCOCC1)Nc1ccc2c(c1)OCCO2. The number of amides is 1. The molecule has 9 heteroatoms. The molecule has 0 radical (unpaired) electrons. The number of morpholine rings is 1. The van der Waals surface area contributed by atoms with Crippen LogP contribution in [0.3, 0.4) is 0 Å². The van der Waals surface area contributed by atoms with Crippen molar-refractivity contribution in [1.29, 1.82) is 0 Å². The largest absolute Gasteiger partial charge is 0.486 e. The van der Waals surface area contributed by atoms with Gasteiger partial charge >= 0.3 is 0 Å². The summed E-state index contributed by atoms with van der Waals surface area (Å²) in [5.74, 6) is 1.92. The van der Waals surface area contributed by atoms with Crippen molar-refractivity contribution in [3.05, 3.63) is 42.5 Å². The number of carbonyl (C=O) groups is 1. The van der Waals surface area contributed by atoms with Crippen LogP contribution in [0.2, 0.25) is 0 Å². The van der Waals surface area contributed by atoms with Crippen LogP contribution in [0.5, 0.6) is 17.4 Å². The summed E-state index contributed by atoms with van der Waals surface area (Å²) < 4.78 is 22.3. The zero-order chi connectivity index (χ0) is 21.0. The Bertz CT molecular complexity index is 1100. The van der Waals surface area contributed by atoms with Gasteiger partial charge in [-0.15, -0.1) is 0 Å². The number of anilines is 2. The summed E-state index contributed by atoms with van der Waals surface area (Å²) in [6.45, 7) is 3.40. The quantitative estimate of drug-likeness (QED) is 0.669. The standard InChI is InChI=1S/C22H22N4O5/c27-20(23-15-5-6-18-19(13-15)30-12-11-29-18)14-31-22-21(26-7-9-28-10-8-26)24-16-3-1-2-4-17(16)25-22/h1-6,13H,7-12,14H2,(H,23,27). The number of nitrogens with one attached hydrogen (secondary N) is 1. The number of ether oxygens (including phenoxy) is 4. The van der Waals surface area contributed by atoms with Gasteiger partial charge < -0.3 is 29.2 Å². The van der Waals surface area contributed by atoms with Crippen LogP contribution in [0.1, 0.15) is 0 Å². The lowest BCUT2D eigenvalue weighted by molar-refractivity contribution is -0.118. The second kappa shape index (κ2) is 8.65. The molecule has 1 N–H and O–H groups in total. The molecular weight excluding hydrogens is 400 g/mol. The Kier molecular flexibility index (Phi) is 5.40. The maximum absolute atomic E-state index is 12.5. The molecule has 0 bridgehead atoms. The lowest BCUT2D eigenvalue weighted by atomic mass is 10.2. The molecule has 1 saturated heterocycles. The molecule has 2 aromatic carbocycles. The first kappa shape index (κ1) is 19.4. The third kappa shape index (κ3) is 4.31. The van der Waals surface area contributed by atoms with E-state index in [9.17, 15) is 4.79 Å². The predicted octanol–water partition coefficient (Wildman–Crippen LogP) is 2.26. The summed E-state index contributed by atoms with van der Waals surface area (Å²) in [6, 6.07) is 12.9. The lowest BCUT2D eigenvalue weighted by Crippen LogP contribution is -2.37. The van der Waals surface area contributed by atoms with Crippen molar-refractivity contribution >= 4 is 28.4 Å². The van der Waals surface area contributed by atoms with E-state index in [2.05, 4.69) is 15.2 Å². The van der Waals surface area contributed by atoms with Crippen molar-refractivity contribution in [2.24, 2.45) is 0 Å². The molecule has 0 saturated carbocycles. The minimum absolute atomic E-state index is 0.196. The van der Waals surface area contributed by atoms with Gasteiger partial charge in [-0.05, 0) is 24.3 Å². The van der Waals surface area contributed by atoms with Gasteiger partial charge in [0.05, 0.1) is 24.2 Å². The Morgan fingerprint density at radius 1 is 0.968 bits per heavy atom. The van der Waals surface area contributed by atoms with Crippen LogP contribution >= 0.6 is 0 Å². The van der Waals surface area contributed by atoms with E-state index in [1.807, 2.05) is 24.3 Å². The number of nitrogens with zero attached hydrogens (tertiary/aromatic N) is 3. The lowest BCUT2D eigenvalue weighted by Gasteiger charge is -2.28. The maximum Gasteiger partial charge on any atom is 0.262 e. The minimum atomic E-state index is -0.306. The average molecular weight is 422 g/mol. The molecule has 0 spiro atoms. The summed E-state index contributed by atoms with van der Waals surface area (Å²) in [4.78, 5) is 23.9. The van der Waals surface area contributed by atoms with Crippen LogP contribution in [-0.2, 0) is 9.53 Å². The number of carbonyl (C=O) groups excluding carboxylic acids is 1. The van der Waals surface area contributed by atoms with E-state index >= 15 is 0 Å². The molecule has 1 fully saturated rings. The average Bonchev–Trinajstić information content (AvgIpc) is 2.82. The van der Waals surface area contributed by atoms with Crippen molar-refractivity contribution in [2.45, 2.75) is 0 Å². The van der Waals surface area contributed by atoms with Gasteiger partial charge in [0, 0.05) is 24.8 Å². The van der Waals surface area contributed by atoms with Crippen LogP contribution < -0.4 is 24.4 Å². The van der Waals surface area contributed by atoms with Gasteiger partial charge in [-0.1, -0.05) is 12.1 Å². The van der Waals surface area contributed by atoms with E-state index < -0.39 is 0 Å². The number of hydrogen-bond donors (Lipinski definition) is 1. The van der Waals surface area contributed by atoms with Crippen LogP contribution in [-0.4, -0.2) is 62.0 Å². The van der Waals surface area contributed by atoms with Gasteiger partial charge in [0.2, 0.25) is 0 Å². The molecule has 160 valence electrons. The topological polar surface area (TPSA) is 95.0 Å². The summed E-state index contributed by atoms with van der Waals surface area (Å²) in [7, 11) is 0. The number of benzene rings is 2. The maximum atomic E-state index is 12.5. The summed E-state index contributed by atoms with van der Waals surface area (Å²) >= 11 is 0. The highest BCUT2D eigenvalue weighted by atomic mass is 16.6. The van der Waals surface area contributed by atoms with Crippen LogP contribution in [0.4, 0.5) is 11.5 Å². The Morgan fingerprint density at radius 3 is 2.52 bits per heavy atom. The van der Waals surface area contributed by atoms with Gasteiger partial charge in [-0.3, -0.25) is 4.79 Å². The highest BCUT2D eigenvalue weighted by molar-refractivity contribution is 5.92. The van der Waals surface area contributed by atoms with Gasteiger partial charge in [0.25, 0.3) is 11.8 Å². The van der Waals surface area contributed by atoms with Gasteiger partial charge in [0.15, 0.2) is 23.9 Å². The fourth-order valence-electron chi connectivity index (χ4n) is 3.50. The molecule has 1 aromatic heterocycles. The van der Waals surface area contributed by atoms with Crippen LogP contribution in [0.15, 0.2) is 42.5 Å². The molecule has 31 heavy (non-hydrogen) atoms. The highest BCUT2D eigenvalue weighted by Gasteiger charge is 2.21. The first-order valence-corrected chi connectivity index (χ1v) is 10.2.